The lowest BCUT2D eigenvalue weighted by molar-refractivity contribution is -0.384. The van der Waals surface area contributed by atoms with E-state index >= 15 is 0 Å². The Hall–Kier alpha value is -1.91. The number of nitro groups is 1. The molecule has 96 valence electrons. The second kappa shape index (κ2) is 5.16. The minimum Gasteiger partial charge on any atom is -0.365 e. The van der Waals surface area contributed by atoms with Gasteiger partial charge in [0.15, 0.2) is 0 Å². The highest BCUT2D eigenvalue weighted by molar-refractivity contribution is 5.66. The first-order valence-corrected chi connectivity index (χ1v) is 6.07. The molecule has 5 nitrogen and oxygen atoms in total. The van der Waals surface area contributed by atoms with Gasteiger partial charge >= 0.3 is 0 Å². The summed E-state index contributed by atoms with van der Waals surface area (Å²) in [4.78, 5) is 23.5. The number of carbonyl (C=O) groups is 1. The maximum absolute atomic E-state index is 11.1. The van der Waals surface area contributed by atoms with E-state index in [-0.39, 0.29) is 16.5 Å². The van der Waals surface area contributed by atoms with Crippen LogP contribution in [0.15, 0.2) is 18.2 Å². The zero-order chi connectivity index (χ0) is 13.1. The molecule has 1 aromatic rings. The third kappa shape index (κ3) is 2.50. The van der Waals surface area contributed by atoms with Crippen LogP contribution < -0.4 is 4.90 Å². The van der Waals surface area contributed by atoms with E-state index in [0.29, 0.717) is 12.2 Å². The SMILES string of the molecule is Cc1ccc(N2CCCC(C=O)C2)c([N+](=O)[O-])c1. The van der Waals surface area contributed by atoms with Gasteiger partial charge in [-0.2, -0.15) is 0 Å². The molecule has 0 amide bonds. The molecule has 1 aromatic carbocycles. The molecule has 18 heavy (non-hydrogen) atoms. The van der Waals surface area contributed by atoms with Crippen LogP contribution in [-0.4, -0.2) is 24.3 Å². The van der Waals surface area contributed by atoms with Gasteiger partial charge in [0, 0.05) is 25.1 Å². The summed E-state index contributed by atoms with van der Waals surface area (Å²) in [5.41, 5.74) is 1.62. The number of hydrogen-bond acceptors (Lipinski definition) is 4. The number of anilines is 1. The monoisotopic (exact) mass is 248 g/mol. The van der Waals surface area contributed by atoms with Gasteiger partial charge in [-0.05, 0) is 31.4 Å². The number of carbonyl (C=O) groups excluding carboxylic acids is 1. The Morgan fingerprint density at radius 2 is 2.28 bits per heavy atom. The summed E-state index contributed by atoms with van der Waals surface area (Å²) in [6.07, 6.45) is 2.72. The molecule has 1 unspecified atom stereocenters. The van der Waals surface area contributed by atoms with Crippen molar-refractivity contribution in [2.75, 3.05) is 18.0 Å². The summed E-state index contributed by atoms with van der Waals surface area (Å²) < 4.78 is 0. The largest absolute Gasteiger partial charge is 0.365 e. The van der Waals surface area contributed by atoms with Crippen molar-refractivity contribution in [3.8, 4) is 0 Å². The van der Waals surface area contributed by atoms with Crippen LogP contribution in [0, 0.1) is 23.0 Å². The highest BCUT2D eigenvalue weighted by Gasteiger charge is 2.25. The average molecular weight is 248 g/mol. The topological polar surface area (TPSA) is 63.5 Å². The van der Waals surface area contributed by atoms with Crippen LogP contribution in [0.5, 0.6) is 0 Å². The highest BCUT2D eigenvalue weighted by atomic mass is 16.6. The summed E-state index contributed by atoms with van der Waals surface area (Å²) in [5.74, 6) is -0.0142. The molecule has 1 heterocycles. The van der Waals surface area contributed by atoms with Gasteiger partial charge in [0.05, 0.1) is 4.92 Å². The van der Waals surface area contributed by atoms with Gasteiger partial charge < -0.3 is 9.69 Å². The number of rotatable bonds is 3. The summed E-state index contributed by atoms with van der Waals surface area (Å²) in [6.45, 7) is 3.18. The van der Waals surface area contributed by atoms with Crippen molar-refractivity contribution >= 4 is 17.7 Å². The van der Waals surface area contributed by atoms with Gasteiger partial charge in [0.2, 0.25) is 0 Å². The predicted octanol–water partition coefficient (Wildman–Crippen LogP) is 2.32. The van der Waals surface area contributed by atoms with Crippen molar-refractivity contribution < 1.29 is 9.72 Å². The second-order valence-corrected chi connectivity index (χ2v) is 4.73. The van der Waals surface area contributed by atoms with E-state index in [9.17, 15) is 14.9 Å². The first-order valence-electron chi connectivity index (χ1n) is 6.07. The molecule has 1 aliphatic rings. The molecular weight excluding hydrogens is 232 g/mol. The van der Waals surface area contributed by atoms with E-state index in [1.807, 2.05) is 17.9 Å². The Labute approximate surface area is 106 Å². The molecule has 0 spiro atoms. The lowest BCUT2D eigenvalue weighted by atomic mass is 9.99. The summed E-state index contributed by atoms with van der Waals surface area (Å²) in [6, 6.07) is 5.23. The van der Waals surface area contributed by atoms with Crippen LogP contribution >= 0.6 is 0 Å². The summed E-state index contributed by atoms with van der Waals surface area (Å²) in [5, 5.41) is 11.1. The standard InChI is InChI=1S/C13H16N2O3/c1-10-4-5-12(13(7-10)15(17)18)14-6-2-3-11(8-14)9-16/h4-5,7,9,11H,2-3,6,8H2,1H3. The van der Waals surface area contributed by atoms with Crippen molar-refractivity contribution in [3.63, 3.8) is 0 Å². The molecule has 1 atom stereocenters. The molecule has 0 N–H and O–H groups in total. The molecule has 0 radical (unpaired) electrons. The number of aryl methyl sites for hydroxylation is 1. The minimum atomic E-state index is -0.354. The van der Waals surface area contributed by atoms with E-state index in [1.54, 1.807) is 12.1 Å². The molecule has 0 bridgehead atoms. The van der Waals surface area contributed by atoms with Crippen LogP contribution in [0.25, 0.3) is 0 Å². The minimum absolute atomic E-state index is 0.0142. The Balaban J connectivity index is 2.32. The van der Waals surface area contributed by atoms with Gasteiger partial charge in [-0.1, -0.05) is 6.07 Å². The highest BCUT2D eigenvalue weighted by Crippen LogP contribution is 2.31. The average Bonchev–Trinajstić information content (AvgIpc) is 2.38. The van der Waals surface area contributed by atoms with Crippen LogP contribution in [-0.2, 0) is 4.79 Å². The molecule has 1 fully saturated rings. The zero-order valence-electron chi connectivity index (χ0n) is 10.3. The predicted molar refractivity (Wildman–Crippen MR) is 68.8 cm³/mol. The second-order valence-electron chi connectivity index (χ2n) is 4.73. The Kier molecular flexibility index (Phi) is 3.60. The maximum atomic E-state index is 11.1. The lowest BCUT2D eigenvalue weighted by Crippen LogP contribution is -2.36. The Morgan fingerprint density at radius 3 is 2.94 bits per heavy atom. The van der Waals surface area contributed by atoms with Crippen molar-refractivity contribution in [1.82, 2.24) is 0 Å². The van der Waals surface area contributed by atoms with Gasteiger partial charge in [-0.3, -0.25) is 10.1 Å². The van der Waals surface area contributed by atoms with E-state index in [0.717, 1.165) is 31.2 Å². The summed E-state index contributed by atoms with van der Waals surface area (Å²) in [7, 11) is 0. The fraction of sp³-hybridized carbons (Fsp3) is 0.462. The molecule has 0 aliphatic carbocycles. The number of benzene rings is 1. The number of piperidine rings is 1. The van der Waals surface area contributed by atoms with Crippen LogP contribution in [0.4, 0.5) is 11.4 Å². The van der Waals surface area contributed by atoms with Crippen LogP contribution in [0.3, 0.4) is 0 Å². The first-order chi connectivity index (χ1) is 8.61. The van der Waals surface area contributed by atoms with Crippen LogP contribution in [0.1, 0.15) is 18.4 Å². The third-order valence-corrected chi connectivity index (χ3v) is 3.32. The van der Waals surface area contributed by atoms with E-state index in [2.05, 4.69) is 0 Å². The summed E-state index contributed by atoms with van der Waals surface area (Å²) >= 11 is 0. The lowest BCUT2D eigenvalue weighted by Gasteiger charge is -2.31. The number of nitrogens with zero attached hydrogens (tertiary/aromatic N) is 2. The first kappa shape index (κ1) is 12.5. The van der Waals surface area contributed by atoms with Crippen LogP contribution in [0.2, 0.25) is 0 Å². The van der Waals surface area contributed by atoms with E-state index in [4.69, 9.17) is 0 Å². The number of hydrogen-bond donors (Lipinski definition) is 0. The van der Waals surface area contributed by atoms with Crippen molar-refractivity contribution in [1.29, 1.82) is 0 Å². The molecule has 2 rings (SSSR count). The number of nitro benzene ring substituents is 1. The maximum Gasteiger partial charge on any atom is 0.292 e. The van der Waals surface area contributed by atoms with Gasteiger partial charge in [0.25, 0.3) is 5.69 Å². The molecule has 1 aliphatic heterocycles. The van der Waals surface area contributed by atoms with Gasteiger partial charge in [-0.25, -0.2) is 0 Å². The van der Waals surface area contributed by atoms with Crippen molar-refractivity contribution in [3.05, 3.63) is 33.9 Å². The Morgan fingerprint density at radius 1 is 1.50 bits per heavy atom. The Bertz CT molecular complexity index is 473. The van der Waals surface area contributed by atoms with E-state index < -0.39 is 0 Å². The molecule has 1 saturated heterocycles. The molecule has 0 aromatic heterocycles. The van der Waals surface area contributed by atoms with Gasteiger partial charge in [0.1, 0.15) is 12.0 Å². The van der Waals surface area contributed by atoms with E-state index in [1.165, 1.54) is 0 Å². The van der Waals surface area contributed by atoms with Crippen molar-refractivity contribution in [2.45, 2.75) is 19.8 Å². The smallest absolute Gasteiger partial charge is 0.292 e. The number of aldehydes is 1. The molecule has 5 heteroatoms. The van der Waals surface area contributed by atoms with Crippen molar-refractivity contribution in [2.24, 2.45) is 5.92 Å². The fourth-order valence-corrected chi connectivity index (χ4v) is 2.39. The zero-order valence-corrected chi connectivity index (χ0v) is 10.3. The van der Waals surface area contributed by atoms with Gasteiger partial charge in [-0.15, -0.1) is 0 Å². The quantitative estimate of drug-likeness (QED) is 0.468. The molecular formula is C13H16N2O3. The fourth-order valence-electron chi connectivity index (χ4n) is 2.39. The third-order valence-electron chi connectivity index (χ3n) is 3.32. The normalized spacial score (nSPS) is 19.6. The molecule has 0 saturated carbocycles.